The van der Waals surface area contributed by atoms with Gasteiger partial charge in [0.2, 0.25) is 0 Å². The fourth-order valence-electron chi connectivity index (χ4n) is 1.23. The van der Waals surface area contributed by atoms with Crippen molar-refractivity contribution in [2.45, 2.75) is 6.92 Å². The molecule has 0 saturated carbocycles. The van der Waals surface area contributed by atoms with Crippen LogP contribution in [-0.4, -0.2) is 0 Å². The Morgan fingerprint density at radius 3 is 3.00 bits per heavy atom. The maximum absolute atomic E-state index is 5.16. The van der Waals surface area contributed by atoms with Crippen molar-refractivity contribution in [3.05, 3.63) is 42.7 Å². The van der Waals surface area contributed by atoms with Gasteiger partial charge in [-0.2, -0.15) is 0 Å². The number of hydrogen-bond donors (Lipinski definition) is 0. The lowest BCUT2D eigenvalue weighted by atomic mass is 10.1. The molecular formula is C10H9O. The summed E-state index contributed by atoms with van der Waals surface area (Å²) in [4.78, 5) is 0. The number of rotatable bonds is 0. The maximum Gasteiger partial charge on any atom is 0.112 e. The third-order valence-corrected chi connectivity index (χ3v) is 1.84. The number of furan rings is 1. The molecule has 0 amide bonds. The molecule has 55 valence electrons. The molecular weight excluding hydrogens is 136 g/mol. The first-order valence-electron chi connectivity index (χ1n) is 3.57. The summed E-state index contributed by atoms with van der Waals surface area (Å²) >= 11 is 0. The summed E-state index contributed by atoms with van der Waals surface area (Å²) in [7, 11) is 0. The van der Waals surface area contributed by atoms with Crippen molar-refractivity contribution in [1.82, 2.24) is 0 Å². The first kappa shape index (κ1) is 6.47. The third kappa shape index (κ3) is 0.929. The van der Waals surface area contributed by atoms with Crippen LogP contribution in [0.25, 0.3) is 10.8 Å². The van der Waals surface area contributed by atoms with Gasteiger partial charge in [0, 0.05) is 17.7 Å². The zero-order valence-electron chi connectivity index (χ0n) is 6.42. The zero-order chi connectivity index (χ0) is 7.84. The SMILES string of the molecule is [CH2]c1occ2cc(C)ccc12. The second kappa shape index (κ2) is 2.12. The Balaban J connectivity index is 2.86. The molecule has 1 nitrogen and oxygen atoms in total. The summed E-state index contributed by atoms with van der Waals surface area (Å²) in [6.45, 7) is 5.84. The molecule has 1 heteroatoms. The minimum Gasteiger partial charge on any atom is -0.468 e. The van der Waals surface area contributed by atoms with Crippen LogP contribution < -0.4 is 0 Å². The molecule has 0 fully saturated rings. The molecule has 0 bridgehead atoms. The second-order valence-corrected chi connectivity index (χ2v) is 2.75. The van der Waals surface area contributed by atoms with Gasteiger partial charge < -0.3 is 4.42 Å². The third-order valence-electron chi connectivity index (χ3n) is 1.84. The van der Waals surface area contributed by atoms with Gasteiger partial charge in [0.25, 0.3) is 0 Å². The second-order valence-electron chi connectivity index (χ2n) is 2.75. The van der Waals surface area contributed by atoms with Crippen LogP contribution in [-0.2, 0) is 0 Å². The van der Waals surface area contributed by atoms with Crippen LogP contribution in [0.5, 0.6) is 0 Å². The van der Waals surface area contributed by atoms with Gasteiger partial charge in [0.15, 0.2) is 0 Å². The average Bonchev–Trinajstić information content (AvgIpc) is 2.32. The van der Waals surface area contributed by atoms with E-state index in [1.807, 2.05) is 6.07 Å². The monoisotopic (exact) mass is 145 g/mol. The smallest absolute Gasteiger partial charge is 0.112 e. The fraction of sp³-hybridized carbons (Fsp3) is 0.100. The highest BCUT2D eigenvalue weighted by atomic mass is 16.3. The largest absolute Gasteiger partial charge is 0.468 e. The highest BCUT2D eigenvalue weighted by Gasteiger charge is 1.99. The van der Waals surface area contributed by atoms with Crippen molar-refractivity contribution in [3.8, 4) is 0 Å². The molecule has 11 heavy (non-hydrogen) atoms. The van der Waals surface area contributed by atoms with Gasteiger partial charge in [-0.3, -0.25) is 0 Å². The van der Waals surface area contributed by atoms with Gasteiger partial charge in [-0.05, 0) is 13.0 Å². The molecule has 0 spiro atoms. The van der Waals surface area contributed by atoms with E-state index >= 15 is 0 Å². The molecule has 0 atom stereocenters. The van der Waals surface area contributed by atoms with Gasteiger partial charge in [0.1, 0.15) is 5.76 Å². The summed E-state index contributed by atoms with van der Waals surface area (Å²) in [6, 6.07) is 6.19. The zero-order valence-corrected chi connectivity index (χ0v) is 6.42. The molecule has 0 aliphatic carbocycles. The van der Waals surface area contributed by atoms with Crippen molar-refractivity contribution in [3.63, 3.8) is 0 Å². The standard InChI is InChI=1S/C10H9O/c1-7-3-4-10-8(2)11-6-9(10)5-7/h3-6H,2H2,1H3. The molecule has 0 N–H and O–H groups in total. The Kier molecular flexibility index (Phi) is 1.25. The van der Waals surface area contributed by atoms with Crippen LogP contribution in [0.1, 0.15) is 11.3 Å². The topological polar surface area (TPSA) is 13.1 Å². The minimum atomic E-state index is 0.750. The highest BCUT2D eigenvalue weighted by molar-refractivity contribution is 5.85. The lowest BCUT2D eigenvalue weighted by Gasteiger charge is -1.90. The molecule has 0 unspecified atom stereocenters. The predicted octanol–water partition coefficient (Wildman–Crippen LogP) is 2.92. The van der Waals surface area contributed by atoms with Crippen LogP contribution in [0.4, 0.5) is 0 Å². The van der Waals surface area contributed by atoms with Crippen molar-refractivity contribution >= 4 is 10.8 Å². The molecule has 1 aromatic heterocycles. The number of fused-ring (bicyclic) bond motifs is 1. The Labute approximate surface area is 65.6 Å². The average molecular weight is 145 g/mol. The van der Waals surface area contributed by atoms with Crippen molar-refractivity contribution in [2.24, 2.45) is 0 Å². The van der Waals surface area contributed by atoms with E-state index in [1.54, 1.807) is 6.26 Å². The first-order valence-corrected chi connectivity index (χ1v) is 3.57. The Morgan fingerprint density at radius 1 is 1.36 bits per heavy atom. The maximum atomic E-state index is 5.16. The van der Waals surface area contributed by atoms with E-state index in [1.165, 1.54) is 5.56 Å². The summed E-state index contributed by atoms with van der Waals surface area (Å²) < 4.78 is 5.16. The predicted molar refractivity (Wildman–Crippen MR) is 45.4 cm³/mol. The van der Waals surface area contributed by atoms with E-state index in [9.17, 15) is 0 Å². The molecule has 1 aromatic carbocycles. The fourth-order valence-corrected chi connectivity index (χ4v) is 1.23. The Bertz CT molecular complexity index is 385. The summed E-state index contributed by atoms with van der Waals surface area (Å²) in [6.07, 6.45) is 1.74. The Hall–Kier alpha value is -1.24. The Morgan fingerprint density at radius 2 is 2.18 bits per heavy atom. The lowest BCUT2D eigenvalue weighted by Crippen LogP contribution is -1.70. The van der Waals surface area contributed by atoms with E-state index in [-0.39, 0.29) is 0 Å². The minimum absolute atomic E-state index is 0.750. The first-order chi connectivity index (χ1) is 5.27. The van der Waals surface area contributed by atoms with E-state index < -0.39 is 0 Å². The molecule has 1 heterocycles. The van der Waals surface area contributed by atoms with Gasteiger partial charge in [0.05, 0.1) is 6.26 Å². The number of aryl methyl sites for hydroxylation is 1. The van der Waals surface area contributed by atoms with Crippen LogP contribution in [0.2, 0.25) is 0 Å². The van der Waals surface area contributed by atoms with Crippen LogP contribution in [0.3, 0.4) is 0 Å². The molecule has 0 aliphatic heterocycles. The molecule has 2 aromatic rings. The van der Waals surface area contributed by atoms with Crippen LogP contribution >= 0.6 is 0 Å². The van der Waals surface area contributed by atoms with E-state index in [2.05, 4.69) is 26.0 Å². The molecule has 0 saturated heterocycles. The normalized spacial score (nSPS) is 10.7. The lowest BCUT2D eigenvalue weighted by molar-refractivity contribution is 0.554. The van der Waals surface area contributed by atoms with Gasteiger partial charge in [-0.25, -0.2) is 0 Å². The summed E-state index contributed by atoms with van der Waals surface area (Å²) in [5.74, 6) is 0.750. The van der Waals surface area contributed by atoms with Gasteiger partial charge in [-0.1, -0.05) is 17.7 Å². The van der Waals surface area contributed by atoms with Crippen LogP contribution in [0, 0.1) is 13.8 Å². The summed E-state index contributed by atoms with van der Waals surface area (Å²) in [5.41, 5.74) is 1.25. The van der Waals surface area contributed by atoms with E-state index in [4.69, 9.17) is 4.42 Å². The van der Waals surface area contributed by atoms with Crippen LogP contribution in [0.15, 0.2) is 28.9 Å². The van der Waals surface area contributed by atoms with Crippen molar-refractivity contribution in [2.75, 3.05) is 0 Å². The van der Waals surface area contributed by atoms with Crippen molar-refractivity contribution < 1.29 is 4.42 Å². The van der Waals surface area contributed by atoms with Gasteiger partial charge >= 0.3 is 0 Å². The highest BCUT2D eigenvalue weighted by Crippen LogP contribution is 2.20. The van der Waals surface area contributed by atoms with E-state index in [0.29, 0.717) is 0 Å². The van der Waals surface area contributed by atoms with E-state index in [0.717, 1.165) is 16.5 Å². The summed E-state index contributed by atoms with van der Waals surface area (Å²) in [5, 5.41) is 2.24. The molecule has 1 radical (unpaired) electrons. The number of hydrogen-bond acceptors (Lipinski definition) is 1. The molecule has 0 aliphatic rings. The molecule has 2 rings (SSSR count). The quantitative estimate of drug-likeness (QED) is 0.555. The van der Waals surface area contributed by atoms with Gasteiger partial charge in [-0.15, -0.1) is 0 Å². The van der Waals surface area contributed by atoms with Crippen molar-refractivity contribution in [1.29, 1.82) is 0 Å². The number of benzene rings is 1.